The molecule has 0 spiro atoms. The number of ether oxygens (including phenoxy) is 1. The molecular formula is C20H16O3. The highest BCUT2D eigenvalue weighted by molar-refractivity contribution is 6.18. The Morgan fingerprint density at radius 1 is 0.783 bits per heavy atom. The molecule has 0 aliphatic heterocycles. The maximum atomic E-state index is 13.0. The third-order valence-corrected chi connectivity index (χ3v) is 3.98. The lowest BCUT2D eigenvalue weighted by Gasteiger charge is -2.03. The monoisotopic (exact) mass is 304 g/mol. The summed E-state index contributed by atoms with van der Waals surface area (Å²) in [5, 5.41) is 0. The summed E-state index contributed by atoms with van der Waals surface area (Å²) >= 11 is 0. The van der Waals surface area contributed by atoms with E-state index in [4.69, 9.17) is 4.74 Å². The first-order valence-corrected chi connectivity index (χ1v) is 7.34. The highest BCUT2D eigenvalue weighted by Gasteiger charge is 2.28. The van der Waals surface area contributed by atoms with Gasteiger partial charge in [-0.05, 0) is 23.6 Å². The van der Waals surface area contributed by atoms with Gasteiger partial charge in [0, 0.05) is 11.1 Å². The molecule has 2 aliphatic carbocycles. The smallest absolute Gasteiger partial charge is 0.338 e. The quantitative estimate of drug-likeness (QED) is 0.540. The second-order valence-corrected chi connectivity index (χ2v) is 5.30. The number of hydrogen-bond donors (Lipinski definition) is 0. The van der Waals surface area contributed by atoms with Gasteiger partial charge in [0.1, 0.15) is 0 Å². The summed E-state index contributed by atoms with van der Waals surface area (Å²) in [5.41, 5.74) is 3.78. The van der Waals surface area contributed by atoms with E-state index in [1.807, 2.05) is 48.5 Å². The van der Waals surface area contributed by atoms with Crippen LogP contribution in [0.5, 0.6) is 0 Å². The maximum absolute atomic E-state index is 13.0. The number of ketones is 1. The summed E-state index contributed by atoms with van der Waals surface area (Å²) in [6.45, 7) is 1.79. The molecule has 2 aliphatic rings. The summed E-state index contributed by atoms with van der Waals surface area (Å²) in [5.74, 6) is -0.514. The van der Waals surface area contributed by atoms with E-state index in [1.54, 1.807) is 19.1 Å². The van der Waals surface area contributed by atoms with Crippen molar-refractivity contribution in [2.45, 2.75) is 6.92 Å². The minimum Gasteiger partial charge on any atom is -0.465 e. The molecule has 0 N–H and O–H groups in total. The highest BCUT2D eigenvalue weighted by atomic mass is 16.5. The van der Waals surface area contributed by atoms with E-state index in [2.05, 4.69) is 0 Å². The normalized spacial score (nSPS) is 10.5. The molecule has 0 atom stereocenters. The Hall–Kier alpha value is -2.94. The van der Waals surface area contributed by atoms with E-state index in [-0.39, 0.29) is 5.78 Å². The third kappa shape index (κ3) is 2.50. The Morgan fingerprint density at radius 3 is 1.87 bits per heavy atom. The number of carbonyl (C=O) groups excluding carboxylic acids is 2. The fourth-order valence-electron chi connectivity index (χ4n) is 2.90. The zero-order valence-electron chi connectivity index (χ0n) is 13.0. The number of fused-ring (bicyclic) bond motifs is 1. The molecule has 0 unspecified atom stereocenters. The number of benzene rings is 1. The topological polar surface area (TPSA) is 43.4 Å². The molecular weight excluding hydrogens is 288 g/mol. The van der Waals surface area contributed by atoms with Crippen LogP contribution in [0, 0.1) is 6.92 Å². The van der Waals surface area contributed by atoms with E-state index in [1.165, 1.54) is 7.11 Å². The van der Waals surface area contributed by atoms with Crippen molar-refractivity contribution in [3.8, 4) is 11.1 Å². The number of carbonyl (C=O) groups is 2. The lowest BCUT2D eigenvalue weighted by Crippen LogP contribution is -2.05. The Balaban J connectivity index is 2.28. The summed E-state index contributed by atoms with van der Waals surface area (Å²) in [6.07, 6.45) is 0. The Labute approximate surface area is 134 Å². The van der Waals surface area contributed by atoms with Crippen LogP contribution in [0.25, 0.3) is 11.1 Å². The molecule has 0 fully saturated rings. The van der Waals surface area contributed by atoms with Crippen molar-refractivity contribution in [1.82, 2.24) is 0 Å². The van der Waals surface area contributed by atoms with E-state index < -0.39 is 5.97 Å². The SMILES string of the molecule is COC(=O)c1c2cccccc-2c(C(=O)c2ccccc2)c1C. The van der Waals surface area contributed by atoms with Crippen molar-refractivity contribution in [2.24, 2.45) is 0 Å². The standard InChI is InChI=1S/C20H16O3/c1-13-17(19(21)14-9-5-3-6-10-14)15-11-7-4-8-12-16(15)18(13)20(22)23-2/h3-12H,1-2H3. The van der Waals surface area contributed by atoms with Crippen LogP contribution < -0.4 is 0 Å². The average molecular weight is 304 g/mol. The van der Waals surface area contributed by atoms with Crippen LogP contribution in [0.4, 0.5) is 0 Å². The van der Waals surface area contributed by atoms with Crippen molar-refractivity contribution in [3.05, 3.63) is 82.9 Å². The van der Waals surface area contributed by atoms with Crippen LogP contribution in [0.2, 0.25) is 0 Å². The molecule has 0 bridgehead atoms. The zero-order valence-corrected chi connectivity index (χ0v) is 13.0. The lowest BCUT2D eigenvalue weighted by molar-refractivity contribution is 0.0601. The largest absolute Gasteiger partial charge is 0.465 e. The van der Waals surface area contributed by atoms with Gasteiger partial charge in [-0.25, -0.2) is 4.79 Å². The molecule has 0 amide bonds. The van der Waals surface area contributed by atoms with Crippen molar-refractivity contribution >= 4 is 11.8 Å². The van der Waals surface area contributed by atoms with Gasteiger partial charge in [-0.3, -0.25) is 4.79 Å². The third-order valence-electron chi connectivity index (χ3n) is 3.98. The summed E-state index contributed by atoms with van der Waals surface area (Å²) < 4.78 is 4.90. The molecule has 0 saturated heterocycles. The van der Waals surface area contributed by atoms with E-state index >= 15 is 0 Å². The van der Waals surface area contributed by atoms with Crippen LogP contribution in [-0.4, -0.2) is 18.9 Å². The van der Waals surface area contributed by atoms with E-state index in [0.717, 1.165) is 11.1 Å². The van der Waals surface area contributed by atoms with Crippen molar-refractivity contribution in [2.75, 3.05) is 7.11 Å². The second-order valence-electron chi connectivity index (χ2n) is 5.30. The zero-order chi connectivity index (χ0) is 16.4. The molecule has 3 rings (SSSR count). The number of methoxy groups -OCH3 is 1. The first kappa shape index (κ1) is 15.0. The molecule has 3 nitrogen and oxygen atoms in total. The number of rotatable bonds is 3. The van der Waals surface area contributed by atoms with Crippen LogP contribution in [0.15, 0.2) is 60.7 Å². The Kier molecular flexibility index (Phi) is 3.94. The van der Waals surface area contributed by atoms with Crippen LogP contribution in [0.3, 0.4) is 0 Å². The summed E-state index contributed by atoms with van der Waals surface area (Å²) in [4.78, 5) is 25.1. The van der Waals surface area contributed by atoms with Crippen LogP contribution in [-0.2, 0) is 4.74 Å². The van der Waals surface area contributed by atoms with Gasteiger partial charge in [-0.1, -0.05) is 60.7 Å². The fraction of sp³-hybridized carbons (Fsp3) is 0.100. The minimum absolute atomic E-state index is 0.0885. The predicted molar refractivity (Wildman–Crippen MR) is 89.0 cm³/mol. The van der Waals surface area contributed by atoms with E-state index in [0.29, 0.717) is 22.3 Å². The van der Waals surface area contributed by atoms with Gasteiger partial charge >= 0.3 is 5.97 Å². The molecule has 114 valence electrons. The molecule has 1 aromatic carbocycles. The maximum Gasteiger partial charge on any atom is 0.338 e. The predicted octanol–water partition coefficient (Wildman–Crippen LogP) is 4.12. The van der Waals surface area contributed by atoms with Gasteiger partial charge in [-0.2, -0.15) is 0 Å². The molecule has 1 aromatic rings. The van der Waals surface area contributed by atoms with Gasteiger partial charge in [0.25, 0.3) is 0 Å². The molecule has 0 radical (unpaired) electrons. The Morgan fingerprint density at radius 2 is 1.30 bits per heavy atom. The second kappa shape index (κ2) is 6.05. The molecule has 3 heteroatoms. The molecule has 0 aromatic heterocycles. The van der Waals surface area contributed by atoms with Gasteiger partial charge in [-0.15, -0.1) is 0 Å². The van der Waals surface area contributed by atoms with Crippen molar-refractivity contribution < 1.29 is 14.3 Å². The first-order chi connectivity index (χ1) is 11.1. The van der Waals surface area contributed by atoms with Crippen molar-refractivity contribution in [1.29, 1.82) is 0 Å². The highest BCUT2D eigenvalue weighted by Crippen LogP contribution is 2.37. The number of hydrogen-bond acceptors (Lipinski definition) is 3. The summed E-state index contributed by atoms with van der Waals surface area (Å²) in [7, 11) is 1.35. The fourth-order valence-corrected chi connectivity index (χ4v) is 2.90. The van der Waals surface area contributed by atoms with Crippen LogP contribution >= 0.6 is 0 Å². The molecule has 0 saturated carbocycles. The number of esters is 1. The van der Waals surface area contributed by atoms with Gasteiger partial charge in [0.2, 0.25) is 0 Å². The molecule has 23 heavy (non-hydrogen) atoms. The summed E-state index contributed by atoms with van der Waals surface area (Å²) in [6, 6.07) is 18.4. The Bertz CT molecular complexity index is 850. The van der Waals surface area contributed by atoms with Crippen molar-refractivity contribution in [3.63, 3.8) is 0 Å². The minimum atomic E-state index is -0.425. The van der Waals surface area contributed by atoms with Gasteiger partial charge < -0.3 is 4.74 Å². The lowest BCUT2D eigenvalue weighted by atomic mass is 9.99. The first-order valence-electron chi connectivity index (χ1n) is 7.34. The van der Waals surface area contributed by atoms with E-state index in [9.17, 15) is 9.59 Å². The molecule has 0 heterocycles. The van der Waals surface area contributed by atoms with Gasteiger partial charge in [0.15, 0.2) is 5.78 Å². The van der Waals surface area contributed by atoms with Crippen LogP contribution in [0.1, 0.15) is 31.8 Å². The van der Waals surface area contributed by atoms with Gasteiger partial charge in [0.05, 0.1) is 12.7 Å². The average Bonchev–Trinajstić information content (AvgIpc) is 2.72.